The molecule has 0 unspecified atom stereocenters. The summed E-state index contributed by atoms with van der Waals surface area (Å²) in [5.74, 6) is -1.03. The molecule has 0 spiro atoms. The molecule has 1 saturated carbocycles. The molecule has 1 N–H and O–H groups in total. The summed E-state index contributed by atoms with van der Waals surface area (Å²) in [6.07, 6.45) is -2.05. The summed E-state index contributed by atoms with van der Waals surface area (Å²) in [5.41, 5.74) is -1.07. The van der Waals surface area contributed by atoms with Crippen LogP contribution in [0, 0.1) is 0 Å². The zero-order valence-electron chi connectivity index (χ0n) is 13.2. The first-order valence-corrected chi connectivity index (χ1v) is 7.99. The maximum absolute atomic E-state index is 13.1. The molecule has 2 aromatic heterocycles. The number of halogens is 3. The third-order valence-electron chi connectivity index (χ3n) is 3.48. The molecule has 7 nitrogen and oxygen atoms in total. The zero-order valence-corrected chi connectivity index (χ0v) is 14.0. The van der Waals surface area contributed by atoms with Crippen molar-refractivity contribution in [1.29, 1.82) is 0 Å². The fourth-order valence-corrected chi connectivity index (χ4v) is 3.38. The Morgan fingerprint density at radius 1 is 1.24 bits per heavy atom. The number of hydrogen-bond acceptors (Lipinski definition) is 7. The molecule has 11 heteroatoms. The maximum atomic E-state index is 13.1. The number of nitrogens with one attached hydrogen (secondary N) is 1. The van der Waals surface area contributed by atoms with Crippen LogP contribution in [0.3, 0.4) is 0 Å². The summed E-state index contributed by atoms with van der Waals surface area (Å²) >= 11 is 0.821. The Morgan fingerprint density at radius 3 is 2.32 bits per heavy atom. The summed E-state index contributed by atoms with van der Waals surface area (Å²) in [5, 5.41) is 2.21. The Bertz CT molecular complexity index is 783. The number of carbonyl (C=O) groups is 1. The predicted octanol–water partition coefficient (Wildman–Crippen LogP) is 3.10. The highest BCUT2D eigenvalue weighted by Gasteiger charge is 2.42. The van der Waals surface area contributed by atoms with E-state index in [4.69, 9.17) is 9.47 Å². The Hall–Kier alpha value is -2.43. The molecule has 0 atom stereocenters. The van der Waals surface area contributed by atoms with E-state index in [1.807, 2.05) is 0 Å². The summed E-state index contributed by atoms with van der Waals surface area (Å²) < 4.78 is 49.3. The smallest absolute Gasteiger partial charge is 0.434 e. The van der Waals surface area contributed by atoms with Crippen LogP contribution in [0.4, 0.5) is 18.3 Å². The van der Waals surface area contributed by atoms with Gasteiger partial charge in [-0.2, -0.15) is 13.2 Å². The van der Waals surface area contributed by atoms with Crippen LogP contribution in [-0.4, -0.2) is 35.1 Å². The molecule has 0 saturated heterocycles. The largest absolute Gasteiger partial charge is 0.480 e. The molecule has 0 bridgehead atoms. The van der Waals surface area contributed by atoms with Crippen molar-refractivity contribution in [2.75, 3.05) is 19.5 Å². The van der Waals surface area contributed by atoms with Crippen LogP contribution in [0.1, 0.15) is 39.7 Å². The van der Waals surface area contributed by atoms with E-state index in [2.05, 4.69) is 20.3 Å². The Labute approximate surface area is 144 Å². The molecule has 1 amide bonds. The SMILES string of the molecule is COc1ncnc(OC)c1C(=O)Nc1nc(C(F)(F)F)c(C2CC2)s1. The minimum atomic E-state index is -4.57. The molecule has 3 rings (SSSR count). The van der Waals surface area contributed by atoms with Crippen molar-refractivity contribution in [3.8, 4) is 11.8 Å². The Kier molecular flexibility index (Phi) is 4.50. The number of nitrogens with zero attached hydrogens (tertiary/aromatic N) is 3. The van der Waals surface area contributed by atoms with Gasteiger partial charge in [-0.25, -0.2) is 15.0 Å². The third kappa shape index (κ3) is 3.50. The van der Waals surface area contributed by atoms with Gasteiger partial charge in [0.25, 0.3) is 5.91 Å². The lowest BCUT2D eigenvalue weighted by Gasteiger charge is -2.09. The number of amides is 1. The van der Waals surface area contributed by atoms with Crippen molar-refractivity contribution in [2.24, 2.45) is 0 Å². The van der Waals surface area contributed by atoms with Gasteiger partial charge in [-0.3, -0.25) is 10.1 Å². The standard InChI is InChI=1S/C14H13F3N4O3S/c1-23-11-7(12(24-2)19-5-18-11)10(22)21-13-20-9(14(15,16)17)8(25-13)6-3-4-6/h5-6H,3-4H2,1-2H3,(H,20,21,22). The van der Waals surface area contributed by atoms with E-state index in [1.54, 1.807) is 0 Å². The molecule has 1 fully saturated rings. The molecule has 25 heavy (non-hydrogen) atoms. The highest BCUT2D eigenvalue weighted by Crippen LogP contribution is 2.49. The number of aromatic nitrogens is 3. The molecular weight excluding hydrogens is 361 g/mol. The number of rotatable bonds is 5. The van der Waals surface area contributed by atoms with Crippen molar-refractivity contribution < 1.29 is 27.4 Å². The third-order valence-corrected chi connectivity index (χ3v) is 4.62. The van der Waals surface area contributed by atoms with Gasteiger partial charge in [-0.05, 0) is 18.8 Å². The lowest BCUT2D eigenvalue weighted by atomic mass is 10.2. The molecule has 2 aromatic rings. The van der Waals surface area contributed by atoms with Gasteiger partial charge in [0, 0.05) is 4.88 Å². The van der Waals surface area contributed by atoms with Gasteiger partial charge < -0.3 is 9.47 Å². The maximum Gasteiger partial charge on any atom is 0.434 e. The van der Waals surface area contributed by atoms with E-state index in [-0.39, 0.29) is 33.3 Å². The van der Waals surface area contributed by atoms with Gasteiger partial charge in [0.1, 0.15) is 6.33 Å². The first-order valence-electron chi connectivity index (χ1n) is 7.17. The Morgan fingerprint density at radius 2 is 1.84 bits per heavy atom. The van der Waals surface area contributed by atoms with Crippen LogP contribution in [0.5, 0.6) is 11.8 Å². The summed E-state index contributed by atoms with van der Waals surface area (Å²) in [4.78, 5) is 23.8. The van der Waals surface area contributed by atoms with Gasteiger partial charge in [-0.15, -0.1) is 11.3 Å². The van der Waals surface area contributed by atoms with Gasteiger partial charge >= 0.3 is 6.18 Å². The second-order valence-corrected chi connectivity index (χ2v) is 6.26. The predicted molar refractivity (Wildman–Crippen MR) is 82.2 cm³/mol. The molecule has 1 aliphatic carbocycles. The first kappa shape index (κ1) is 17.4. The number of ether oxygens (including phenoxy) is 2. The lowest BCUT2D eigenvalue weighted by Crippen LogP contribution is -2.16. The quantitative estimate of drug-likeness (QED) is 0.866. The highest BCUT2D eigenvalue weighted by molar-refractivity contribution is 7.16. The van der Waals surface area contributed by atoms with Crippen molar-refractivity contribution in [2.45, 2.75) is 24.9 Å². The Balaban J connectivity index is 1.92. The minimum Gasteiger partial charge on any atom is -0.480 e. The number of methoxy groups -OCH3 is 2. The number of thiazole rings is 1. The average molecular weight is 374 g/mol. The number of hydrogen-bond donors (Lipinski definition) is 1. The zero-order chi connectivity index (χ0) is 18.2. The van der Waals surface area contributed by atoms with E-state index in [0.29, 0.717) is 12.8 Å². The number of alkyl halides is 3. The van der Waals surface area contributed by atoms with Crippen molar-refractivity contribution in [3.05, 3.63) is 22.5 Å². The van der Waals surface area contributed by atoms with Crippen molar-refractivity contribution in [3.63, 3.8) is 0 Å². The summed E-state index contributed by atoms with van der Waals surface area (Å²) in [6.45, 7) is 0. The topological polar surface area (TPSA) is 86.2 Å². The molecule has 2 heterocycles. The van der Waals surface area contributed by atoms with E-state index in [1.165, 1.54) is 14.2 Å². The molecular formula is C14H13F3N4O3S. The normalized spacial score (nSPS) is 14.3. The molecule has 0 aromatic carbocycles. The van der Waals surface area contributed by atoms with Gasteiger partial charge in [0.05, 0.1) is 14.2 Å². The minimum absolute atomic E-state index is 0.0561. The monoisotopic (exact) mass is 374 g/mol. The van der Waals surface area contributed by atoms with E-state index in [9.17, 15) is 18.0 Å². The molecule has 134 valence electrons. The van der Waals surface area contributed by atoms with Gasteiger partial charge in [0.15, 0.2) is 16.4 Å². The van der Waals surface area contributed by atoms with E-state index in [0.717, 1.165) is 17.7 Å². The van der Waals surface area contributed by atoms with Crippen LogP contribution in [0.15, 0.2) is 6.33 Å². The second kappa shape index (κ2) is 6.47. The highest BCUT2D eigenvalue weighted by atomic mass is 32.1. The fourth-order valence-electron chi connectivity index (χ4n) is 2.23. The van der Waals surface area contributed by atoms with Crippen LogP contribution in [0.2, 0.25) is 0 Å². The molecule has 1 aliphatic rings. The van der Waals surface area contributed by atoms with Crippen LogP contribution in [-0.2, 0) is 6.18 Å². The molecule has 0 radical (unpaired) electrons. The number of anilines is 1. The lowest BCUT2D eigenvalue weighted by molar-refractivity contribution is -0.141. The van der Waals surface area contributed by atoms with Gasteiger partial charge in [-0.1, -0.05) is 0 Å². The number of carbonyl (C=O) groups excluding carboxylic acids is 1. The van der Waals surface area contributed by atoms with Crippen LogP contribution in [0.25, 0.3) is 0 Å². The van der Waals surface area contributed by atoms with Crippen molar-refractivity contribution >= 4 is 22.4 Å². The average Bonchev–Trinajstić information content (AvgIpc) is 3.33. The van der Waals surface area contributed by atoms with E-state index >= 15 is 0 Å². The molecule has 0 aliphatic heterocycles. The second-order valence-electron chi connectivity index (χ2n) is 5.23. The van der Waals surface area contributed by atoms with Crippen LogP contribution < -0.4 is 14.8 Å². The fraction of sp³-hybridized carbons (Fsp3) is 0.429. The van der Waals surface area contributed by atoms with Crippen LogP contribution >= 0.6 is 11.3 Å². The van der Waals surface area contributed by atoms with Crippen molar-refractivity contribution in [1.82, 2.24) is 15.0 Å². The van der Waals surface area contributed by atoms with E-state index < -0.39 is 17.8 Å². The summed E-state index contributed by atoms with van der Waals surface area (Å²) in [6, 6.07) is 0. The first-order chi connectivity index (χ1) is 11.8. The van der Waals surface area contributed by atoms with Gasteiger partial charge in [0.2, 0.25) is 11.8 Å². The summed E-state index contributed by atoms with van der Waals surface area (Å²) in [7, 11) is 2.60.